The molecule has 106 valence electrons. The molecule has 0 heterocycles. The van der Waals surface area contributed by atoms with Crippen LogP contribution in [0.4, 0.5) is 5.69 Å². The van der Waals surface area contributed by atoms with Crippen LogP contribution in [0.2, 0.25) is 0 Å². The summed E-state index contributed by atoms with van der Waals surface area (Å²) in [6, 6.07) is 9.25. The third-order valence-electron chi connectivity index (χ3n) is 4.59. The molecular formula is C16H20N2O2. The van der Waals surface area contributed by atoms with Crippen molar-refractivity contribution in [3.63, 3.8) is 0 Å². The molecule has 1 aromatic carbocycles. The molecule has 1 fully saturated rings. The van der Waals surface area contributed by atoms with E-state index in [4.69, 9.17) is 0 Å². The lowest BCUT2D eigenvalue weighted by Crippen LogP contribution is -2.28. The molecule has 4 heteroatoms. The van der Waals surface area contributed by atoms with E-state index in [1.165, 1.54) is 6.07 Å². The Labute approximate surface area is 119 Å². The zero-order chi connectivity index (χ0) is 14.6. The molecule has 0 aromatic heterocycles. The number of nitro groups is 1. The number of nitrogens with zero attached hydrogens (tertiary/aromatic N) is 2. The molecule has 4 nitrogen and oxygen atoms in total. The summed E-state index contributed by atoms with van der Waals surface area (Å²) in [7, 11) is 0. The van der Waals surface area contributed by atoms with Gasteiger partial charge in [-0.3, -0.25) is 10.1 Å². The van der Waals surface area contributed by atoms with Crippen LogP contribution in [-0.4, -0.2) is 4.92 Å². The second-order valence-corrected chi connectivity index (χ2v) is 5.81. The number of nitriles is 1. The van der Waals surface area contributed by atoms with Gasteiger partial charge in [0.15, 0.2) is 0 Å². The summed E-state index contributed by atoms with van der Waals surface area (Å²) in [5.74, 6) is 0.710. The van der Waals surface area contributed by atoms with Crippen LogP contribution in [0.1, 0.15) is 44.6 Å². The SMILES string of the molecule is CCC1CCC(C#N)(Cc2ccccc2[N+](=O)[O-])CC1. The van der Waals surface area contributed by atoms with Crippen LogP contribution >= 0.6 is 0 Å². The third kappa shape index (κ3) is 2.98. The van der Waals surface area contributed by atoms with Crippen LogP contribution in [0.15, 0.2) is 24.3 Å². The zero-order valence-electron chi connectivity index (χ0n) is 11.8. The number of para-hydroxylation sites is 1. The molecular weight excluding hydrogens is 252 g/mol. The molecule has 0 N–H and O–H groups in total. The van der Waals surface area contributed by atoms with Crippen LogP contribution in [-0.2, 0) is 6.42 Å². The predicted octanol–water partition coefficient (Wildman–Crippen LogP) is 4.25. The molecule has 20 heavy (non-hydrogen) atoms. The van der Waals surface area contributed by atoms with E-state index in [9.17, 15) is 15.4 Å². The minimum Gasteiger partial charge on any atom is -0.258 e. The highest BCUT2D eigenvalue weighted by atomic mass is 16.6. The van der Waals surface area contributed by atoms with Crippen molar-refractivity contribution in [3.05, 3.63) is 39.9 Å². The fraction of sp³-hybridized carbons (Fsp3) is 0.562. The molecule has 0 aliphatic heterocycles. The smallest absolute Gasteiger partial charge is 0.258 e. The molecule has 0 radical (unpaired) electrons. The van der Waals surface area contributed by atoms with E-state index >= 15 is 0 Å². The van der Waals surface area contributed by atoms with E-state index < -0.39 is 5.41 Å². The second kappa shape index (κ2) is 6.04. The van der Waals surface area contributed by atoms with Gasteiger partial charge in [0.05, 0.1) is 16.4 Å². The van der Waals surface area contributed by atoms with Gasteiger partial charge >= 0.3 is 0 Å². The van der Waals surface area contributed by atoms with Crippen molar-refractivity contribution in [1.82, 2.24) is 0 Å². The van der Waals surface area contributed by atoms with Gasteiger partial charge in [0.2, 0.25) is 0 Å². The maximum absolute atomic E-state index is 11.1. The van der Waals surface area contributed by atoms with Gasteiger partial charge in [0, 0.05) is 11.6 Å². The highest BCUT2D eigenvalue weighted by Gasteiger charge is 2.36. The lowest BCUT2D eigenvalue weighted by Gasteiger charge is -2.34. The highest BCUT2D eigenvalue weighted by Crippen LogP contribution is 2.43. The summed E-state index contributed by atoms with van der Waals surface area (Å²) in [6.07, 6.45) is 5.49. The number of benzene rings is 1. The van der Waals surface area contributed by atoms with Crippen molar-refractivity contribution in [2.75, 3.05) is 0 Å². The van der Waals surface area contributed by atoms with Crippen LogP contribution in [0.5, 0.6) is 0 Å². The highest BCUT2D eigenvalue weighted by molar-refractivity contribution is 5.41. The maximum Gasteiger partial charge on any atom is 0.272 e. The van der Waals surface area contributed by atoms with Gasteiger partial charge in [-0.15, -0.1) is 0 Å². The standard InChI is InChI=1S/C16H20N2O2/c1-2-13-7-9-16(12-17,10-8-13)11-14-5-3-4-6-15(14)18(19)20/h3-6,13H,2,7-11H2,1H3. The van der Waals surface area contributed by atoms with Gasteiger partial charge in [-0.2, -0.15) is 5.26 Å². The Morgan fingerprint density at radius 3 is 2.60 bits per heavy atom. The van der Waals surface area contributed by atoms with Gasteiger partial charge in [0.25, 0.3) is 5.69 Å². The summed E-state index contributed by atoms with van der Waals surface area (Å²) < 4.78 is 0. The van der Waals surface area contributed by atoms with E-state index in [0.29, 0.717) is 17.9 Å². The average molecular weight is 272 g/mol. The maximum atomic E-state index is 11.1. The fourth-order valence-electron chi connectivity index (χ4n) is 3.17. The summed E-state index contributed by atoms with van der Waals surface area (Å²) in [6.45, 7) is 2.19. The molecule has 0 amide bonds. The van der Waals surface area contributed by atoms with Gasteiger partial charge in [-0.05, 0) is 38.0 Å². The first-order valence-corrected chi connectivity index (χ1v) is 7.24. The monoisotopic (exact) mass is 272 g/mol. The second-order valence-electron chi connectivity index (χ2n) is 5.81. The van der Waals surface area contributed by atoms with Crippen molar-refractivity contribution in [2.24, 2.45) is 11.3 Å². The van der Waals surface area contributed by atoms with E-state index in [2.05, 4.69) is 13.0 Å². The van der Waals surface area contributed by atoms with Gasteiger partial charge in [-0.25, -0.2) is 0 Å². The Kier molecular flexibility index (Phi) is 4.39. The first kappa shape index (κ1) is 14.5. The Morgan fingerprint density at radius 1 is 1.40 bits per heavy atom. The topological polar surface area (TPSA) is 66.9 Å². The zero-order valence-corrected chi connectivity index (χ0v) is 11.8. The van der Waals surface area contributed by atoms with Crippen molar-refractivity contribution in [1.29, 1.82) is 5.26 Å². The van der Waals surface area contributed by atoms with E-state index in [1.54, 1.807) is 12.1 Å². The van der Waals surface area contributed by atoms with Crippen LogP contribution in [0.25, 0.3) is 0 Å². The number of nitro benzene ring substituents is 1. The molecule has 1 aromatic rings. The molecule has 0 unspecified atom stereocenters. The van der Waals surface area contributed by atoms with Gasteiger partial charge in [-0.1, -0.05) is 31.5 Å². The summed E-state index contributed by atoms with van der Waals surface area (Å²) >= 11 is 0. The van der Waals surface area contributed by atoms with Crippen molar-refractivity contribution in [2.45, 2.75) is 45.4 Å². The number of hydrogen-bond acceptors (Lipinski definition) is 3. The van der Waals surface area contributed by atoms with Crippen molar-refractivity contribution in [3.8, 4) is 6.07 Å². The molecule has 0 saturated heterocycles. The van der Waals surface area contributed by atoms with E-state index in [-0.39, 0.29) is 10.6 Å². The Bertz CT molecular complexity index is 526. The molecule has 0 atom stereocenters. The van der Waals surface area contributed by atoms with E-state index in [0.717, 1.165) is 32.1 Å². The fourth-order valence-corrected chi connectivity index (χ4v) is 3.17. The predicted molar refractivity (Wildman–Crippen MR) is 77.1 cm³/mol. The van der Waals surface area contributed by atoms with Crippen LogP contribution < -0.4 is 0 Å². The third-order valence-corrected chi connectivity index (χ3v) is 4.59. The number of hydrogen-bond donors (Lipinski definition) is 0. The normalized spacial score (nSPS) is 25.9. The van der Waals surface area contributed by atoms with E-state index in [1.807, 2.05) is 6.07 Å². The Hall–Kier alpha value is -1.89. The molecule has 1 aliphatic rings. The molecule has 1 aliphatic carbocycles. The summed E-state index contributed by atoms with van der Waals surface area (Å²) in [5, 5.41) is 20.6. The van der Waals surface area contributed by atoms with Crippen LogP contribution in [0, 0.1) is 32.8 Å². The van der Waals surface area contributed by atoms with Crippen molar-refractivity contribution < 1.29 is 4.92 Å². The molecule has 0 spiro atoms. The Morgan fingerprint density at radius 2 is 2.05 bits per heavy atom. The number of rotatable bonds is 4. The van der Waals surface area contributed by atoms with Crippen LogP contribution in [0.3, 0.4) is 0 Å². The summed E-state index contributed by atoms with van der Waals surface area (Å²) in [4.78, 5) is 10.7. The van der Waals surface area contributed by atoms with Gasteiger partial charge in [0.1, 0.15) is 0 Å². The summed E-state index contributed by atoms with van der Waals surface area (Å²) in [5.41, 5.74) is 0.409. The Balaban J connectivity index is 2.20. The first-order valence-electron chi connectivity index (χ1n) is 7.24. The minimum atomic E-state index is -0.419. The average Bonchev–Trinajstić information content (AvgIpc) is 2.48. The lowest BCUT2D eigenvalue weighted by atomic mass is 9.68. The minimum absolute atomic E-state index is 0.139. The molecule has 1 saturated carbocycles. The lowest BCUT2D eigenvalue weighted by molar-refractivity contribution is -0.385. The van der Waals surface area contributed by atoms with Gasteiger partial charge < -0.3 is 0 Å². The largest absolute Gasteiger partial charge is 0.272 e. The molecule has 0 bridgehead atoms. The van der Waals surface area contributed by atoms with Crippen molar-refractivity contribution >= 4 is 5.69 Å². The molecule has 2 rings (SSSR count). The first-order chi connectivity index (χ1) is 9.60. The quantitative estimate of drug-likeness (QED) is 0.608.